The highest BCUT2D eigenvalue weighted by atomic mass is 16.3. The first-order chi connectivity index (χ1) is 7.22. The van der Waals surface area contributed by atoms with E-state index in [4.69, 9.17) is 5.11 Å². The molecule has 0 heterocycles. The highest BCUT2D eigenvalue weighted by molar-refractivity contribution is 5.74. The van der Waals surface area contributed by atoms with E-state index in [-0.39, 0.29) is 24.7 Å². The van der Waals surface area contributed by atoms with E-state index < -0.39 is 0 Å². The van der Waals surface area contributed by atoms with Gasteiger partial charge in [0.1, 0.15) is 0 Å². The predicted molar refractivity (Wildman–Crippen MR) is 59.6 cm³/mol. The van der Waals surface area contributed by atoms with E-state index in [1.807, 2.05) is 13.0 Å². The third-order valence-electron chi connectivity index (χ3n) is 2.51. The van der Waals surface area contributed by atoms with Crippen LogP contribution in [-0.4, -0.2) is 29.8 Å². The fourth-order valence-corrected chi connectivity index (χ4v) is 1.63. The molecule has 0 bridgehead atoms. The fourth-order valence-electron chi connectivity index (χ4n) is 1.63. The van der Waals surface area contributed by atoms with Crippen molar-refractivity contribution in [1.29, 1.82) is 0 Å². The van der Waals surface area contributed by atoms with Crippen LogP contribution < -0.4 is 10.6 Å². The smallest absolute Gasteiger partial charge is 0.315 e. The number of aliphatic hydroxyl groups is 1. The molecule has 1 unspecified atom stereocenters. The van der Waals surface area contributed by atoms with Gasteiger partial charge < -0.3 is 15.7 Å². The average molecular weight is 212 g/mol. The summed E-state index contributed by atoms with van der Waals surface area (Å²) < 4.78 is 0. The van der Waals surface area contributed by atoms with Crippen LogP contribution in [0.4, 0.5) is 4.79 Å². The van der Waals surface area contributed by atoms with Crippen LogP contribution in [0.1, 0.15) is 32.6 Å². The molecule has 1 aliphatic carbocycles. The third-order valence-corrected chi connectivity index (χ3v) is 2.51. The zero-order valence-electron chi connectivity index (χ0n) is 9.20. The Labute approximate surface area is 90.7 Å². The Morgan fingerprint density at radius 1 is 1.67 bits per heavy atom. The quantitative estimate of drug-likeness (QED) is 0.612. The number of carbonyl (C=O) groups excluding carboxylic acids is 1. The minimum absolute atomic E-state index is 0.0163. The van der Waals surface area contributed by atoms with Crippen LogP contribution in [0.5, 0.6) is 0 Å². The van der Waals surface area contributed by atoms with Crippen molar-refractivity contribution >= 4 is 6.03 Å². The minimum atomic E-state index is -0.146. The normalized spacial score (nSPS) is 22.1. The van der Waals surface area contributed by atoms with Crippen LogP contribution in [0.2, 0.25) is 0 Å². The summed E-state index contributed by atoms with van der Waals surface area (Å²) in [7, 11) is 0. The Kier molecular flexibility index (Phi) is 5.18. The first-order valence-corrected chi connectivity index (χ1v) is 5.57. The average Bonchev–Trinajstić information content (AvgIpc) is 2.19. The fraction of sp³-hybridized carbons (Fsp3) is 0.727. The summed E-state index contributed by atoms with van der Waals surface area (Å²) in [4.78, 5) is 11.5. The molecule has 0 spiro atoms. The topological polar surface area (TPSA) is 61.4 Å². The number of rotatable bonds is 4. The predicted octanol–water partition coefficient (Wildman–Crippen LogP) is 1.17. The van der Waals surface area contributed by atoms with Gasteiger partial charge in [-0.2, -0.15) is 0 Å². The van der Waals surface area contributed by atoms with Crippen molar-refractivity contribution in [3.05, 3.63) is 12.2 Å². The molecule has 0 aromatic carbocycles. The summed E-state index contributed by atoms with van der Waals surface area (Å²) in [6.07, 6.45) is 7.99. The second-order valence-corrected chi connectivity index (χ2v) is 4.00. The number of hydrogen-bond donors (Lipinski definition) is 3. The van der Waals surface area contributed by atoms with E-state index in [0.29, 0.717) is 6.42 Å². The lowest BCUT2D eigenvalue weighted by Crippen LogP contribution is -2.45. The molecule has 0 fully saturated rings. The third kappa shape index (κ3) is 4.83. The Hall–Kier alpha value is -1.03. The number of amides is 2. The maximum atomic E-state index is 11.5. The molecule has 1 aliphatic rings. The Balaban J connectivity index is 2.22. The van der Waals surface area contributed by atoms with E-state index in [0.717, 1.165) is 19.3 Å². The zero-order chi connectivity index (χ0) is 11.1. The molecule has 0 aromatic rings. The van der Waals surface area contributed by atoms with Crippen molar-refractivity contribution in [3.63, 3.8) is 0 Å². The van der Waals surface area contributed by atoms with Gasteiger partial charge in [-0.1, -0.05) is 12.2 Å². The van der Waals surface area contributed by atoms with E-state index in [9.17, 15) is 4.79 Å². The molecule has 0 radical (unpaired) electrons. The van der Waals surface area contributed by atoms with Crippen molar-refractivity contribution in [3.8, 4) is 0 Å². The van der Waals surface area contributed by atoms with Crippen LogP contribution in [-0.2, 0) is 0 Å². The maximum absolute atomic E-state index is 11.5. The number of carbonyl (C=O) groups is 1. The Morgan fingerprint density at radius 2 is 2.47 bits per heavy atom. The standard InChI is InChI=1S/C11H20N2O2/c1-9(7-8-14)12-11(15)13-10-5-3-2-4-6-10/h3,5,9-10,14H,2,4,6-8H2,1H3,(H2,12,13,15)/t9-,10?/m1/s1. The number of nitrogens with one attached hydrogen (secondary N) is 2. The van der Waals surface area contributed by atoms with Gasteiger partial charge in [-0.3, -0.25) is 0 Å². The molecule has 2 atom stereocenters. The van der Waals surface area contributed by atoms with Gasteiger partial charge in [0.25, 0.3) is 0 Å². The van der Waals surface area contributed by atoms with E-state index in [1.54, 1.807) is 0 Å². The molecule has 0 saturated carbocycles. The summed E-state index contributed by atoms with van der Waals surface area (Å²) in [5.74, 6) is 0. The van der Waals surface area contributed by atoms with Gasteiger partial charge in [0, 0.05) is 18.7 Å². The summed E-state index contributed by atoms with van der Waals surface area (Å²) in [5, 5.41) is 14.4. The van der Waals surface area contributed by atoms with Gasteiger partial charge in [0.15, 0.2) is 0 Å². The van der Waals surface area contributed by atoms with Crippen molar-refractivity contribution in [2.45, 2.75) is 44.7 Å². The highest BCUT2D eigenvalue weighted by Gasteiger charge is 2.12. The molecule has 1 rings (SSSR count). The van der Waals surface area contributed by atoms with Crippen LogP contribution in [0.15, 0.2) is 12.2 Å². The van der Waals surface area contributed by atoms with Gasteiger partial charge in [-0.05, 0) is 32.6 Å². The maximum Gasteiger partial charge on any atom is 0.315 e. The second-order valence-electron chi connectivity index (χ2n) is 4.00. The van der Waals surface area contributed by atoms with Crippen molar-refractivity contribution in [2.75, 3.05) is 6.61 Å². The molecular formula is C11H20N2O2. The summed E-state index contributed by atoms with van der Waals surface area (Å²) in [5.41, 5.74) is 0. The van der Waals surface area contributed by atoms with Gasteiger partial charge >= 0.3 is 6.03 Å². The monoisotopic (exact) mass is 212 g/mol. The SMILES string of the molecule is C[C@H](CCO)NC(=O)NC1C=CCCC1. The molecule has 4 heteroatoms. The minimum Gasteiger partial charge on any atom is -0.396 e. The van der Waals surface area contributed by atoms with Crippen LogP contribution in [0.3, 0.4) is 0 Å². The van der Waals surface area contributed by atoms with Gasteiger partial charge in [0.2, 0.25) is 0 Å². The summed E-state index contributed by atoms with van der Waals surface area (Å²) >= 11 is 0. The van der Waals surface area contributed by atoms with E-state index in [2.05, 4.69) is 16.7 Å². The zero-order valence-corrected chi connectivity index (χ0v) is 9.20. The molecule has 4 nitrogen and oxygen atoms in total. The Morgan fingerprint density at radius 3 is 3.07 bits per heavy atom. The van der Waals surface area contributed by atoms with E-state index >= 15 is 0 Å². The van der Waals surface area contributed by atoms with Crippen LogP contribution >= 0.6 is 0 Å². The molecule has 0 aromatic heterocycles. The second kappa shape index (κ2) is 6.45. The first kappa shape index (κ1) is 12.0. The molecule has 0 saturated heterocycles. The van der Waals surface area contributed by atoms with Gasteiger partial charge in [-0.15, -0.1) is 0 Å². The van der Waals surface area contributed by atoms with Crippen LogP contribution in [0, 0.1) is 0 Å². The highest BCUT2D eigenvalue weighted by Crippen LogP contribution is 2.09. The number of hydrogen-bond acceptors (Lipinski definition) is 2. The Bertz CT molecular complexity index is 229. The molecule has 0 aliphatic heterocycles. The molecular weight excluding hydrogens is 192 g/mol. The molecule has 3 N–H and O–H groups in total. The number of aliphatic hydroxyl groups excluding tert-OH is 1. The van der Waals surface area contributed by atoms with Crippen molar-refractivity contribution in [2.24, 2.45) is 0 Å². The first-order valence-electron chi connectivity index (χ1n) is 5.57. The number of allylic oxidation sites excluding steroid dienone is 1. The van der Waals surface area contributed by atoms with Gasteiger partial charge in [-0.25, -0.2) is 4.79 Å². The van der Waals surface area contributed by atoms with Crippen molar-refractivity contribution in [1.82, 2.24) is 10.6 Å². The lowest BCUT2D eigenvalue weighted by atomic mass is 10.0. The molecule has 2 amide bonds. The molecule has 86 valence electrons. The molecule has 15 heavy (non-hydrogen) atoms. The summed E-state index contributed by atoms with van der Waals surface area (Å²) in [6.45, 7) is 1.98. The summed E-state index contributed by atoms with van der Waals surface area (Å²) in [6, 6.07) is 0.0372. The van der Waals surface area contributed by atoms with Crippen molar-refractivity contribution < 1.29 is 9.90 Å². The largest absolute Gasteiger partial charge is 0.396 e. The van der Waals surface area contributed by atoms with Crippen LogP contribution in [0.25, 0.3) is 0 Å². The lowest BCUT2D eigenvalue weighted by molar-refractivity contribution is 0.228. The lowest BCUT2D eigenvalue weighted by Gasteiger charge is -2.20. The van der Waals surface area contributed by atoms with Gasteiger partial charge in [0.05, 0.1) is 0 Å². The van der Waals surface area contributed by atoms with E-state index in [1.165, 1.54) is 0 Å². The number of urea groups is 1.